The van der Waals surface area contributed by atoms with E-state index < -0.39 is 0 Å². The van der Waals surface area contributed by atoms with Crippen LogP contribution in [0.5, 0.6) is 0 Å². The standard InChI is InChI=1S/C15H18N2S/c1-11(9-16-13-6-7-13)10-18-15-8-12-4-2-3-5-14(12)17-15/h2-5,8,13,16-17H,1,6-7,9-10H2. The number of aromatic nitrogens is 1. The Bertz CT molecular complexity index is 521. The summed E-state index contributed by atoms with van der Waals surface area (Å²) in [4.78, 5) is 3.43. The second-order valence-corrected chi connectivity index (χ2v) is 5.93. The normalized spacial score (nSPS) is 15.1. The molecule has 2 N–H and O–H groups in total. The maximum absolute atomic E-state index is 4.13. The fourth-order valence-electron chi connectivity index (χ4n) is 1.93. The minimum absolute atomic E-state index is 0.764. The number of hydrogen-bond acceptors (Lipinski definition) is 2. The molecule has 0 unspecified atom stereocenters. The van der Waals surface area contributed by atoms with Gasteiger partial charge >= 0.3 is 0 Å². The summed E-state index contributed by atoms with van der Waals surface area (Å²) in [5, 5.41) is 6.00. The minimum atomic E-state index is 0.764. The molecule has 2 aromatic rings. The Morgan fingerprint density at radius 1 is 1.39 bits per heavy atom. The maximum Gasteiger partial charge on any atom is 0.0735 e. The zero-order chi connectivity index (χ0) is 12.4. The van der Waals surface area contributed by atoms with E-state index in [1.807, 2.05) is 11.8 Å². The van der Waals surface area contributed by atoms with Crippen LogP contribution in [0.2, 0.25) is 0 Å². The first-order valence-corrected chi connectivity index (χ1v) is 7.40. The van der Waals surface area contributed by atoms with E-state index in [0.717, 1.165) is 18.3 Å². The Hall–Kier alpha value is -1.19. The van der Waals surface area contributed by atoms with Gasteiger partial charge in [-0.1, -0.05) is 30.4 Å². The van der Waals surface area contributed by atoms with E-state index in [1.165, 1.54) is 34.3 Å². The molecule has 3 heteroatoms. The molecule has 0 spiro atoms. The van der Waals surface area contributed by atoms with Gasteiger partial charge in [0, 0.05) is 29.2 Å². The Morgan fingerprint density at radius 2 is 2.22 bits per heavy atom. The highest BCUT2D eigenvalue weighted by Crippen LogP contribution is 2.24. The number of rotatable bonds is 6. The van der Waals surface area contributed by atoms with Crippen molar-refractivity contribution >= 4 is 22.7 Å². The first-order chi connectivity index (χ1) is 8.81. The third-order valence-electron chi connectivity index (χ3n) is 3.16. The lowest BCUT2D eigenvalue weighted by Crippen LogP contribution is -2.19. The van der Waals surface area contributed by atoms with Crippen LogP contribution in [0.25, 0.3) is 10.9 Å². The third-order valence-corrected chi connectivity index (χ3v) is 4.24. The van der Waals surface area contributed by atoms with E-state index in [4.69, 9.17) is 0 Å². The highest BCUT2D eigenvalue weighted by Gasteiger charge is 2.19. The summed E-state index contributed by atoms with van der Waals surface area (Å²) in [6, 6.07) is 11.4. The van der Waals surface area contributed by atoms with Gasteiger partial charge < -0.3 is 10.3 Å². The highest BCUT2D eigenvalue weighted by molar-refractivity contribution is 7.99. The van der Waals surface area contributed by atoms with Gasteiger partial charge in [0.1, 0.15) is 0 Å². The summed E-state index contributed by atoms with van der Waals surface area (Å²) >= 11 is 1.83. The van der Waals surface area contributed by atoms with Crippen LogP contribution in [-0.2, 0) is 0 Å². The lowest BCUT2D eigenvalue weighted by molar-refractivity contribution is 0.736. The molecule has 1 aromatic heterocycles. The van der Waals surface area contributed by atoms with Crippen molar-refractivity contribution in [3.63, 3.8) is 0 Å². The zero-order valence-corrected chi connectivity index (χ0v) is 11.2. The van der Waals surface area contributed by atoms with Crippen molar-refractivity contribution in [2.75, 3.05) is 12.3 Å². The van der Waals surface area contributed by atoms with Crippen LogP contribution in [0.4, 0.5) is 0 Å². The molecule has 0 aliphatic heterocycles. The van der Waals surface area contributed by atoms with Crippen LogP contribution < -0.4 is 5.32 Å². The molecule has 0 amide bonds. The average Bonchev–Trinajstić information content (AvgIpc) is 3.11. The number of H-pyrrole nitrogens is 1. The molecule has 18 heavy (non-hydrogen) atoms. The molecule has 0 bridgehead atoms. The number of aromatic amines is 1. The summed E-state index contributed by atoms with van der Waals surface area (Å²) in [5.41, 5.74) is 2.48. The second kappa shape index (κ2) is 5.21. The van der Waals surface area contributed by atoms with Crippen molar-refractivity contribution in [2.45, 2.75) is 23.9 Å². The molecule has 1 saturated carbocycles. The summed E-state index contributed by atoms with van der Waals surface area (Å²) in [5.74, 6) is 0.979. The van der Waals surface area contributed by atoms with Gasteiger partial charge in [-0.15, -0.1) is 11.8 Å². The van der Waals surface area contributed by atoms with Gasteiger partial charge in [0.2, 0.25) is 0 Å². The van der Waals surface area contributed by atoms with Crippen molar-refractivity contribution < 1.29 is 0 Å². The lowest BCUT2D eigenvalue weighted by atomic mass is 10.3. The van der Waals surface area contributed by atoms with Crippen LogP contribution in [0.15, 0.2) is 47.5 Å². The van der Waals surface area contributed by atoms with Crippen LogP contribution in [0, 0.1) is 0 Å². The number of benzene rings is 1. The second-order valence-electron chi connectivity index (χ2n) is 4.91. The first-order valence-electron chi connectivity index (χ1n) is 6.42. The van der Waals surface area contributed by atoms with E-state index in [-0.39, 0.29) is 0 Å². The topological polar surface area (TPSA) is 27.8 Å². The maximum atomic E-state index is 4.13. The van der Waals surface area contributed by atoms with Crippen molar-refractivity contribution in [3.05, 3.63) is 42.5 Å². The molecule has 1 aliphatic rings. The third kappa shape index (κ3) is 2.98. The van der Waals surface area contributed by atoms with E-state index >= 15 is 0 Å². The van der Waals surface area contributed by atoms with Gasteiger partial charge in [-0.05, 0) is 25.0 Å². The predicted octanol–water partition coefficient (Wildman–Crippen LogP) is 3.57. The first kappa shape index (κ1) is 11.9. The van der Waals surface area contributed by atoms with E-state index in [1.54, 1.807) is 0 Å². The fraction of sp³-hybridized carbons (Fsp3) is 0.333. The number of fused-ring (bicyclic) bond motifs is 1. The van der Waals surface area contributed by atoms with Gasteiger partial charge in [-0.25, -0.2) is 0 Å². The predicted molar refractivity (Wildman–Crippen MR) is 79.2 cm³/mol. The SMILES string of the molecule is C=C(CNC1CC1)CSc1cc2ccccc2[nH]1. The summed E-state index contributed by atoms with van der Waals surface area (Å²) in [6.07, 6.45) is 2.67. The molecule has 1 heterocycles. The molecular formula is C15H18N2S. The molecule has 3 rings (SSSR count). The minimum Gasteiger partial charge on any atom is -0.350 e. The number of hydrogen-bond donors (Lipinski definition) is 2. The summed E-state index contributed by atoms with van der Waals surface area (Å²) in [6.45, 7) is 5.08. The van der Waals surface area contributed by atoms with Crippen LogP contribution in [0.1, 0.15) is 12.8 Å². The van der Waals surface area contributed by atoms with Crippen LogP contribution in [-0.4, -0.2) is 23.3 Å². The molecule has 1 aliphatic carbocycles. The lowest BCUT2D eigenvalue weighted by Gasteiger charge is -2.05. The number of nitrogens with one attached hydrogen (secondary N) is 2. The van der Waals surface area contributed by atoms with Crippen molar-refractivity contribution in [2.24, 2.45) is 0 Å². The Balaban J connectivity index is 1.53. The zero-order valence-electron chi connectivity index (χ0n) is 10.4. The van der Waals surface area contributed by atoms with Crippen LogP contribution >= 0.6 is 11.8 Å². The van der Waals surface area contributed by atoms with E-state index in [9.17, 15) is 0 Å². The molecule has 0 atom stereocenters. The molecule has 94 valence electrons. The van der Waals surface area contributed by atoms with Crippen LogP contribution in [0.3, 0.4) is 0 Å². The van der Waals surface area contributed by atoms with Gasteiger partial charge in [-0.2, -0.15) is 0 Å². The Morgan fingerprint density at radius 3 is 3.00 bits per heavy atom. The molecule has 1 fully saturated rings. The van der Waals surface area contributed by atoms with Crippen molar-refractivity contribution in [1.82, 2.24) is 10.3 Å². The summed E-state index contributed by atoms with van der Waals surface area (Å²) < 4.78 is 0. The summed E-state index contributed by atoms with van der Waals surface area (Å²) in [7, 11) is 0. The molecule has 2 nitrogen and oxygen atoms in total. The van der Waals surface area contributed by atoms with Gasteiger partial charge in [0.15, 0.2) is 0 Å². The monoisotopic (exact) mass is 258 g/mol. The molecular weight excluding hydrogens is 240 g/mol. The Kier molecular flexibility index (Phi) is 3.43. The average molecular weight is 258 g/mol. The number of thioether (sulfide) groups is 1. The highest BCUT2D eigenvalue weighted by atomic mass is 32.2. The number of para-hydroxylation sites is 1. The quantitative estimate of drug-likeness (QED) is 0.612. The molecule has 1 aromatic carbocycles. The van der Waals surface area contributed by atoms with E-state index in [0.29, 0.717) is 0 Å². The van der Waals surface area contributed by atoms with Gasteiger partial charge in [0.05, 0.1) is 5.03 Å². The Labute approximate surface area is 112 Å². The smallest absolute Gasteiger partial charge is 0.0735 e. The van der Waals surface area contributed by atoms with Crippen molar-refractivity contribution in [1.29, 1.82) is 0 Å². The van der Waals surface area contributed by atoms with E-state index in [2.05, 4.69) is 47.2 Å². The molecule has 0 radical (unpaired) electrons. The fourth-order valence-corrected chi connectivity index (χ4v) is 2.79. The molecule has 0 saturated heterocycles. The van der Waals surface area contributed by atoms with Gasteiger partial charge in [-0.3, -0.25) is 0 Å². The van der Waals surface area contributed by atoms with Crippen molar-refractivity contribution in [3.8, 4) is 0 Å². The largest absolute Gasteiger partial charge is 0.350 e. The van der Waals surface area contributed by atoms with Gasteiger partial charge in [0.25, 0.3) is 0 Å².